The van der Waals surface area contributed by atoms with Crippen molar-refractivity contribution >= 4 is 15.9 Å². The maximum absolute atomic E-state index is 12.3. The summed E-state index contributed by atoms with van der Waals surface area (Å²) in [6, 6.07) is 5.96. The van der Waals surface area contributed by atoms with Gasteiger partial charge >= 0.3 is 0 Å². The number of rotatable bonds is 8. The third-order valence-corrected chi connectivity index (χ3v) is 5.67. The van der Waals surface area contributed by atoms with E-state index in [1.807, 2.05) is 0 Å². The molecule has 25 heavy (non-hydrogen) atoms. The molecule has 138 valence electrons. The van der Waals surface area contributed by atoms with Crippen molar-refractivity contribution in [1.82, 2.24) is 9.62 Å². The molecule has 1 unspecified atom stereocenters. The van der Waals surface area contributed by atoms with Gasteiger partial charge in [-0.3, -0.25) is 4.79 Å². The molecular weight excluding hydrogens is 340 g/mol. The summed E-state index contributed by atoms with van der Waals surface area (Å²) in [5.41, 5.74) is 0.443. The Hall–Kier alpha value is -1.70. The molecule has 1 fully saturated rings. The minimum absolute atomic E-state index is 0.136. The number of hydrogen-bond acceptors (Lipinski definition) is 4. The van der Waals surface area contributed by atoms with Crippen molar-refractivity contribution in [3.05, 3.63) is 42.5 Å². The minimum Gasteiger partial charge on any atom is -0.378 e. The van der Waals surface area contributed by atoms with Crippen molar-refractivity contribution in [2.45, 2.75) is 36.7 Å². The van der Waals surface area contributed by atoms with Crippen LogP contribution in [0.2, 0.25) is 0 Å². The van der Waals surface area contributed by atoms with Crippen molar-refractivity contribution in [3.63, 3.8) is 0 Å². The predicted octanol–water partition coefficient (Wildman–Crippen LogP) is 2.18. The molecule has 0 radical (unpaired) electrons. The van der Waals surface area contributed by atoms with Crippen LogP contribution >= 0.6 is 0 Å². The third-order valence-electron chi connectivity index (χ3n) is 4.19. The number of amides is 1. The van der Waals surface area contributed by atoms with E-state index < -0.39 is 10.0 Å². The SMILES string of the molecule is C=CCN(C)C(=O)c1ccc(S(=O)(=O)NCCC2CCCCO2)cc1. The number of ether oxygens (including phenoxy) is 1. The van der Waals surface area contributed by atoms with Crippen LogP contribution in [0.1, 0.15) is 36.0 Å². The lowest BCUT2D eigenvalue weighted by atomic mass is 10.1. The molecule has 0 spiro atoms. The van der Waals surface area contributed by atoms with Crippen LogP contribution in [0.5, 0.6) is 0 Å². The van der Waals surface area contributed by atoms with E-state index in [2.05, 4.69) is 11.3 Å². The van der Waals surface area contributed by atoms with Crippen LogP contribution in [0.15, 0.2) is 41.8 Å². The Kier molecular flexibility index (Phi) is 7.16. The van der Waals surface area contributed by atoms with E-state index in [0.29, 0.717) is 25.1 Å². The summed E-state index contributed by atoms with van der Waals surface area (Å²) in [6.45, 7) is 5.13. The number of benzene rings is 1. The Morgan fingerprint density at radius 2 is 2.08 bits per heavy atom. The lowest BCUT2D eigenvalue weighted by Gasteiger charge is -2.22. The number of nitrogens with one attached hydrogen (secondary N) is 1. The third kappa shape index (κ3) is 5.66. The summed E-state index contributed by atoms with van der Waals surface area (Å²) in [5, 5.41) is 0. The first kappa shape index (κ1) is 19.6. The van der Waals surface area contributed by atoms with E-state index in [1.165, 1.54) is 29.2 Å². The van der Waals surface area contributed by atoms with Gasteiger partial charge in [0.2, 0.25) is 10.0 Å². The van der Waals surface area contributed by atoms with Crippen molar-refractivity contribution < 1.29 is 17.9 Å². The molecule has 1 atom stereocenters. The molecule has 0 saturated carbocycles. The molecule has 0 aliphatic carbocycles. The zero-order valence-corrected chi connectivity index (χ0v) is 15.4. The first-order chi connectivity index (χ1) is 11.9. The Balaban J connectivity index is 1.92. The molecule has 1 amide bonds. The summed E-state index contributed by atoms with van der Waals surface area (Å²) in [4.78, 5) is 13.8. The summed E-state index contributed by atoms with van der Waals surface area (Å²) in [7, 11) is -1.91. The Bertz CT molecular complexity index is 680. The van der Waals surface area contributed by atoms with Crippen molar-refractivity contribution in [2.75, 3.05) is 26.7 Å². The van der Waals surface area contributed by atoms with Crippen molar-refractivity contribution in [2.24, 2.45) is 0 Å². The maximum atomic E-state index is 12.3. The largest absolute Gasteiger partial charge is 0.378 e. The Morgan fingerprint density at radius 3 is 2.68 bits per heavy atom. The van der Waals surface area contributed by atoms with Gasteiger partial charge in [-0.15, -0.1) is 6.58 Å². The summed E-state index contributed by atoms with van der Waals surface area (Å²) < 4.78 is 32.9. The number of sulfonamides is 1. The van der Waals surface area contributed by atoms with E-state index in [9.17, 15) is 13.2 Å². The van der Waals surface area contributed by atoms with Crippen LogP contribution in [0.25, 0.3) is 0 Å². The van der Waals surface area contributed by atoms with E-state index in [0.717, 1.165) is 25.9 Å². The highest BCUT2D eigenvalue weighted by molar-refractivity contribution is 7.89. The predicted molar refractivity (Wildman–Crippen MR) is 97.0 cm³/mol. The van der Waals surface area contributed by atoms with E-state index in [-0.39, 0.29) is 16.9 Å². The number of hydrogen-bond donors (Lipinski definition) is 1. The van der Waals surface area contributed by atoms with Crippen LogP contribution < -0.4 is 4.72 Å². The van der Waals surface area contributed by atoms with Gasteiger partial charge < -0.3 is 9.64 Å². The lowest BCUT2D eigenvalue weighted by Crippen LogP contribution is -2.29. The molecule has 1 aromatic rings. The van der Waals surface area contributed by atoms with E-state index >= 15 is 0 Å². The van der Waals surface area contributed by atoms with Gasteiger partial charge in [0.05, 0.1) is 11.0 Å². The molecule has 1 aliphatic heterocycles. The second-order valence-electron chi connectivity index (χ2n) is 6.17. The summed E-state index contributed by atoms with van der Waals surface area (Å²) in [5.74, 6) is -0.175. The molecule has 1 N–H and O–H groups in total. The highest BCUT2D eigenvalue weighted by Gasteiger charge is 2.18. The second-order valence-corrected chi connectivity index (χ2v) is 7.94. The topological polar surface area (TPSA) is 75.7 Å². The number of carbonyl (C=O) groups excluding carboxylic acids is 1. The minimum atomic E-state index is -3.58. The number of carbonyl (C=O) groups is 1. The first-order valence-corrected chi connectivity index (χ1v) is 10.00. The standard InChI is InChI=1S/C18H26N2O4S/c1-3-13-20(2)18(21)15-7-9-17(10-8-15)25(22,23)19-12-11-16-6-4-5-14-24-16/h3,7-10,16,19H,1,4-6,11-14H2,2H3. The zero-order chi connectivity index (χ0) is 18.3. The van der Waals surface area contributed by atoms with Crippen molar-refractivity contribution in [3.8, 4) is 0 Å². The molecule has 1 heterocycles. The monoisotopic (exact) mass is 366 g/mol. The highest BCUT2D eigenvalue weighted by Crippen LogP contribution is 2.16. The van der Waals surface area contributed by atoms with Gasteiger partial charge in [-0.05, 0) is 49.9 Å². The smallest absolute Gasteiger partial charge is 0.253 e. The van der Waals surface area contributed by atoms with Gasteiger partial charge in [0.15, 0.2) is 0 Å². The lowest BCUT2D eigenvalue weighted by molar-refractivity contribution is 0.0123. The Morgan fingerprint density at radius 1 is 1.36 bits per heavy atom. The fourth-order valence-electron chi connectivity index (χ4n) is 2.75. The number of nitrogens with zero attached hydrogens (tertiary/aromatic N) is 1. The molecule has 1 aliphatic rings. The number of likely N-dealkylation sites (N-methyl/N-ethyl adjacent to an activating group) is 1. The van der Waals surface area contributed by atoms with Gasteiger partial charge in [0.1, 0.15) is 0 Å². The van der Waals surface area contributed by atoms with Crippen LogP contribution in [0.4, 0.5) is 0 Å². The molecule has 0 aromatic heterocycles. The van der Waals surface area contributed by atoms with Gasteiger partial charge in [-0.25, -0.2) is 13.1 Å². The quantitative estimate of drug-likeness (QED) is 0.716. The summed E-state index contributed by atoms with van der Waals surface area (Å²) >= 11 is 0. The molecule has 6 nitrogen and oxygen atoms in total. The first-order valence-electron chi connectivity index (χ1n) is 8.52. The van der Waals surface area contributed by atoms with Gasteiger partial charge in [-0.1, -0.05) is 6.08 Å². The molecule has 1 aromatic carbocycles. The molecular formula is C18H26N2O4S. The molecule has 7 heteroatoms. The van der Waals surface area contributed by atoms with Gasteiger partial charge in [-0.2, -0.15) is 0 Å². The van der Waals surface area contributed by atoms with Crippen molar-refractivity contribution in [1.29, 1.82) is 0 Å². The fraction of sp³-hybridized carbons (Fsp3) is 0.500. The van der Waals surface area contributed by atoms with Crippen LogP contribution in [0.3, 0.4) is 0 Å². The molecule has 0 bridgehead atoms. The van der Waals surface area contributed by atoms with Gasteiger partial charge in [0.25, 0.3) is 5.91 Å². The summed E-state index contributed by atoms with van der Waals surface area (Å²) in [6.07, 6.45) is 5.63. The second kappa shape index (κ2) is 9.12. The van der Waals surface area contributed by atoms with Crippen LogP contribution in [-0.4, -0.2) is 52.1 Å². The van der Waals surface area contributed by atoms with E-state index in [1.54, 1.807) is 13.1 Å². The maximum Gasteiger partial charge on any atom is 0.253 e. The Labute approximate surface area is 149 Å². The highest BCUT2D eigenvalue weighted by atomic mass is 32.2. The van der Waals surface area contributed by atoms with Crippen LogP contribution in [-0.2, 0) is 14.8 Å². The molecule has 2 rings (SSSR count). The zero-order valence-electron chi connectivity index (χ0n) is 14.6. The molecule has 1 saturated heterocycles. The van der Waals surface area contributed by atoms with E-state index in [4.69, 9.17) is 4.74 Å². The average Bonchev–Trinajstić information content (AvgIpc) is 2.62. The fourth-order valence-corrected chi connectivity index (χ4v) is 3.79. The average molecular weight is 366 g/mol. The normalized spacial score (nSPS) is 17.9. The van der Waals surface area contributed by atoms with Gasteiger partial charge in [0, 0.05) is 32.3 Å². The van der Waals surface area contributed by atoms with Crippen LogP contribution in [0, 0.1) is 0 Å².